The van der Waals surface area contributed by atoms with E-state index in [0.717, 1.165) is 17.7 Å². The summed E-state index contributed by atoms with van der Waals surface area (Å²) in [5, 5.41) is 12.1. The van der Waals surface area contributed by atoms with Crippen LogP contribution in [0.2, 0.25) is 0 Å². The molecule has 4 heteroatoms. The van der Waals surface area contributed by atoms with Crippen LogP contribution in [-0.4, -0.2) is 23.2 Å². The highest BCUT2D eigenvalue weighted by Gasteiger charge is 2.31. The Morgan fingerprint density at radius 3 is 2.72 bits per heavy atom. The number of carbonyl (C=O) groups is 1. The smallest absolute Gasteiger partial charge is 0.320 e. The largest absolute Gasteiger partial charge is 0.491 e. The van der Waals surface area contributed by atoms with E-state index in [4.69, 9.17) is 9.84 Å². The quantitative estimate of drug-likeness (QED) is 0.860. The molecule has 0 saturated carbocycles. The van der Waals surface area contributed by atoms with Crippen LogP contribution in [0.3, 0.4) is 0 Å². The van der Waals surface area contributed by atoms with Gasteiger partial charge in [0.2, 0.25) is 0 Å². The third-order valence-corrected chi connectivity index (χ3v) is 3.10. The maximum atomic E-state index is 10.9. The average molecular weight is 249 g/mol. The molecule has 2 unspecified atom stereocenters. The van der Waals surface area contributed by atoms with Gasteiger partial charge < -0.3 is 9.84 Å². The van der Waals surface area contributed by atoms with Crippen LogP contribution in [0.15, 0.2) is 24.3 Å². The molecule has 2 atom stereocenters. The summed E-state index contributed by atoms with van der Waals surface area (Å²) in [6.07, 6.45) is 1.61. The third kappa shape index (κ3) is 2.82. The maximum Gasteiger partial charge on any atom is 0.320 e. The first-order valence-electron chi connectivity index (χ1n) is 6.32. The van der Waals surface area contributed by atoms with E-state index in [1.165, 1.54) is 0 Å². The van der Waals surface area contributed by atoms with Gasteiger partial charge in [0, 0.05) is 11.6 Å². The van der Waals surface area contributed by atoms with Crippen molar-refractivity contribution in [3.8, 4) is 5.75 Å². The Morgan fingerprint density at radius 2 is 2.11 bits per heavy atom. The van der Waals surface area contributed by atoms with E-state index in [1.807, 2.05) is 38.1 Å². The van der Waals surface area contributed by atoms with Crippen LogP contribution in [0.4, 0.5) is 0 Å². The van der Waals surface area contributed by atoms with E-state index in [-0.39, 0.29) is 12.1 Å². The molecule has 1 heterocycles. The Hall–Kier alpha value is -1.55. The molecule has 1 fully saturated rings. The average Bonchev–Trinajstić information content (AvgIpc) is 2.78. The summed E-state index contributed by atoms with van der Waals surface area (Å²) in [7, 11) is 0. The van der Waals surface area contributed by atoms with Gasteiger partial charge in [0.1, 0.15) is 11.8 Å². The van der Waals surface area contributed by atoms with Gasteiger partial charge in [-0.2, -0.15) is 0 Å². The minimum atomic E-state index is -0.778. The van der Waals surface area contributed by atoms with Gasteiger partial charge in [-0.3, -0.25) is 10.1 Å². The first kappa shape index (κ1) is 12.9. The summed E-state index contributed by atoms with van der Waals surface area (Å²) in [6.45, 7) is 3.97. The molecule has 98 valence electrons. The maximum absolute atomic E-state index is 10.9. The minimum absolute atomic E-state index is 0.0704. The van der Waals surface area contributed by atoms with E-state index in [0.29, 0.717) is 6.42 Å². The fourth-order valence-corrected chi connectivity index (χ4v) is 2.31. The van der Waals surface area contributed by atoms with Crippen molar-refractivity contribution < 1.29 is 14.6 Å². The molecule has 1 aliphatic rings. The summed E-state index contributed by atoms with van der Waals surface area (Å²) in [6, 6.07) is 7.46. The number of carboxylic acid groups (broad SMARTS) is 1. The topological polar surface area (TPSA) is 58.6 Å². The molecule has 18 heavy (non-hydrogen) atoms. The van der Waals surface area contributed by atoms with E-state index in [1.54, 1.807) is 0 Å². The lowest BCUT2D eigenvalue weighted by molar-refractivity contribution is -0.139. The second-order valence-electron chi connectivity index (χ2n) is 4.89. The number of rotatable bonds is 4. The zero-order chi connectivity index (χ0) is 13.1. The fraction of sp³-hybridized carbons (Fsp3) is 0.500. The van der Waals surface area contributed by atoms with Crippen molar-refractivity contribution >= 4 is 5.97 Å². The Balaban J connectivity index is 2.16. The van der Waals surface area contributed by atoms with E-state index in [2.05, 4.69) is 5.32 Å². The van der Waals surface area contributed by atoms with Gasteiger partial charge >= 0.3 is 5.97 Å². The van der Waals surface area contributed by atoms with Crippen LogP contribution >= 0.6 is 0 Å². The highest BCUT2D eigenvalue weighted by molar-refractivity contribution is 5.74. The second-order valence-corrected chi connectivity index (χ2v) is 4.89. The van der Waals surface area contributed by atoms with Gasteiger partial charge in [-0.05, 0) is 32.8 Å². The first-order valence-corrected chi connectivity index (χ1v) is 6.32. The van der Waals surface area contributed by atoms with Gasteiger partial charge in [0.05, 0.1) is 6.10 Å². The molecular formula is C14H19NO3. The molecule has 0 spiro atoms. The Kier molecular flexibility index (Phi) is 3.87. The highest BCUT2D eigenvalue weighted by atomic mass is 16.5. The predicted octanol–water partition coefficient (Wildman–Crippen LogP) is 2.35. The number of aliphatic carboxylic acids is 1. The lowest BCUT2D eigenvalue weighted by atomic mass is 10.0. The number of benzene rings is 1. The van der Waals surface area contributed by atoms with Crippen LogP contribution in [-0.2, 0) is 4.79 Å². The van der Waals surface area contributed by atoms with Gasteiger partial charge in [-0.25, -0.2) is 0 Å². The summed E-state index contributed by atoms with van der Waals surface area (Å²) < 4.78 is 5.77. The molecule has 2 N–H and O–H groups in total. The van der Waals surface area contributed by atoms with Crippen LogP contribution < -0.4 is 10.1 Å². The van der Waals surface area contributed by atoms with Crippen LogP contribution in [0.1, 0.15) is 38.3 Å². The number of nitrogens with one attached hydrogen (secondary N) is 1. The lowest BCUT2D eigenvalue weighted by Crippen LogP contribution is -2.32. The summed E-state index contributed by atoms with van der Waals surface area (Å²) in [4.78, 5) is 10.9. The molecule has 0 aromatic heterocycles. The van der Waals surface area contributed by atoms with Gasteiger partial charge in [-0.15, -0.1) is 0 Å². The van der Waals surface area contributed by atoms with E-state index in [9.17, 15) is 4.79 Å². The Bertz CT molecular complexity index is 431. The van der Waals surface area contributed by atoms with Gasteiger partial charge in [-0.1, -0.05) is 18.2 Å². The first-order chi connectivity index (χ1) is 8.58. The molecule has 1 aliphatic heterocycles. The number of carboxylic acids is 1. The monoisotopic (exact) mass is 249 g/mol. The van der Waals surface area contributed by atoms with Crippen molar-refractivity contribution in [2.75, 3.05) is 0 Å². The predicted molar refractivity (Wildman–Crippen MR) is 68.7 cm³/mol. The molecule has 0 aliphatic carbocycles. The van der Waals surface area contributed by atoms with Crippen LogP contribution in [0, 0.1) is 0 Å². The second kappa shape index (κ2) is 5.40. The molecule has 1 saturated heterocycles. The third-order valence-electron chi connectivity index (χ3n) is 3.10. The Labute approximate surface area is 107 Å². The molecule has 0 radical (unpaired) electrons. The van der Waals surface area contributed by atoms with Crippen LogP contribution in [0.25, 0.3) is 0 Å². The Morgan fingerprint density at radius 1 is 1.39 bits per heavy atom. The van der Waals surface area contributed by atoms with Crippen molar-refractivity contribution in [1.82, 2.24) is 5.32 Å². The molecule has 4 nitrogen and oxygen atoms in total. The fourth-order valence-electron chi connectivity index (χ4n) is 2.31. The van der Waals surface area contributed by atoms with Gasteiger partial charge in [0.25, 0.3) is 0 Å². The number of hydrogen-bond donors (Lipinski definition) is 2. The SMILES string of the molecule is CC(C)Oc1ccccc1C1CCC(C(=O)O)N1. The summed E-state index contributed by atoms with van der Waals surface area (Å²) in [5.41, 5.74) is 1.05. The number of para-hydroxylation sites is 1. The van der Waals surface area contributed by atoms with Crippen molar-refractivity contribution in [3.63, 3.8) is 0 Å². The highest BCUT2D eigenvalue weighted by Crippen LogP contribution is 2.33. The van der Waals surface area contributed by atoms with Crippen molar-refractivity contribution in [2.24, 2.45) is 0 Å². The minimum Gasteiger partial charge on any atom is -0.491 e. The van der Waals surface area contributed by atoms with E-state index < -0.39 is 12.0 Å². The lowest BCUT2D eigenvalue weighted by Gasteiger charge is -2.18. The molecule has 1 aromatic carbocycles. The summed E-state index contributed by atoms with van der Waals surface area (Å²) >= 11 is 0. The summed E-state index contributed by atoms with van der Waals surface area (Å²) in [5.74, 6) is 0.0656. The van der Waals surface area contributed by atoms with E-state index >= 15 is 0 Å². The standard InChI is InChI=1S/C14H19NO3/c1-9(2)18-13-6-4-3-5-10(13)11-7-8-12(15-11)14(16)17/h3-6,9,11-12,15H,7-8H2,1-2H3,(H,16,17). The van der Waals surface area contributed by atoms with Crippen LogP contribution in [0.5, 0.6) is 5.75 Å². The molecule has 1 aromatic rings. The number of hydrogen-bond acceptors (Lipinski definition) is 3. The molecule has 0 amide bonds. The zero-order valence-corrected chi connectivity index (χ0v) is 10.7. The molecule has 2 rings (SSSR count). The molecule has 0 bridgehead atoms. The van der Waals surface area contributed by atoms with Crippen molar-refractivity contribution in [2.45, 2.75) is 44.9 Å². The van der Waals surface area contributed by atoms with Crippen molar-refractivity contribution in [3.05, 3.63) is 29.8 Å². The molecular weight excluding hydrogens is 230 g/mol. The number of ether oxygens (including phenoxy) is 1. The van der Waals surface area contributed by atoms with Crippen molar-refractivity contribution in [1.29, 1.82) is 0 Å². The van der Waals surface area contributed by atoms with Gasteiger partial charge in [0.15, 0.2) is 0 Å². The normalized spacial score (nSPS) is 23.3. The zero-order valence-electron chi connectivity index (χ0n) is 10.7.